The number of cyclic esters (lactones) is 1. The minimum absolute atomic E-state index is 0.0154. The van der Waals surface area contributed by atoms with Crippen LogP contribution in [-0.4, -0.2) is 30.2 Å². The minimum Gasteiger partial charge on any atom is -0.447 e. The van der Waals surface area contributed by atoms with Gasteiger partial charge in [-0.25, -0.2) is 4.79 Å². The van der Waals surface area contributed by atoms with Gasteiger partial charge in [0.05, 0.1) is 12.6 Å². The molecule has 0 aromatic rings. The highest BCUT2D eigenvalue weighted by molar-refractivity contribution is 5.70. The lowest BCUT2D eigenvalue weighted by atomic mass is 10.3. The van der Waals surface area contributed by atoms with Gasteiger partial charge < -0.3 is 4.74 Å². The predicted octanol–water partition coefficient (Wildman–Crippen LogP) is 1.02. The van der Waals surface area contributed by atoms with Crippen molar-refractivity contribution in [1.82, 2.24) is 4.90 Å². The Balaban J connectivity index is 2.61. The number of rotatable bonds is 2. The number of hydrogen-bond donors (Lipinski definition) is 0. The molecule has 1 aliphatic heterocycles. The van der Waals surface area contributed by atoms with Gasteiger partial charge in [-0.15, -0.1) is 12.5 Å². The van der Waals surface area contributed by atoms with Gasteiger partial charge >= 0.3 is 6.09 Å². The molecule has 1 rings (SSSR count). The maximum absolute atomic E-state index is 11.0. The Morgan fingerprint density at radius 1 is 1.92 bits per heavy atom. The van der Waals surface area contributed by atoms with Gasteiger partial charge in [-0.05, 0) is 6.92 Å². The van der Waals surface area contributed by atoms with Crippen LogP contribution in [0.2, 0.25) is 0 Å². The second kappa shape index (κ2) is 3.82. The summed E-state index contributed by atoms with van der Waals surface area (Å²) in [5, 5.41) is 0. The van der Waals surface area contributed by atoms with Gasteiger partial charge in [0, 0.05) is 0 Å². The van der Waals surface area contributed by atoms with E-state index in [4.69, 9.17) is 4.74 Å². The van der Waals surface area contributed by atoms with Gasteiger partial charge in [0.2, 0.25) is 0 Å². The molecule has 1 aliphatic rings. The third-order valence-electron chi connectivity index (χ3n) is 1.71. The molecule has 3 heteroatoms. The maximum Gasteiger partial charge on any atom is 0.411 e. The average molecular weight is 165 g/mol. The molecule has 1 atom stereocenters. The molecule has 0 aromatic carbocycles. The summed E-state index contributed by atoms with van der Waals surface area (Å²) in [6.07, 6.45) is 1.39. The molecule has 0 radical (unpaired) electrons. The van der Waals surface area contributed by atoms with Crippen LogP contribution in [0.3, 0.4) is 0 Å². The standard InChI is InChI=1S/C9H11NO2/c1-3-5-6-10-8(4-2)7-12-9(10)11/h4,8H,2,6-7H2,1H3/t8-/m1/s1. The van der Waals surface area contributed by atoms with E-state index in [2.05, 4.69) is 18.4 Å². The van der Waals surface area contributed by atoms with Gasteiger partial charge in [-0.2, -0.15) is 0 Å². The van der Waals surface area contributed by atoms with Gasteiger partial charge in [0.25, 0.3) is 0 Å². The van der Waals surface area contributed by atoms with Crippen molar-refractivity contribution in [2.24, 2.45) is 0 Å². The second-order valence-corrected chi connectivity index (χ2v) is 2.43. The summed E-state index contributed by atoms with van der Waals surface area (Å²) >= 11 is 0. The van der Waals surface area contributed by atoms with Crippen molar-refractivity contribution in [3.05, 3.63) is 12.7 Å². The number of amides is 1. The van der Waals surface area contributed by atoms with Crippen LogP contribution in [0.15, 0.2) is 12.7 Å². The van der Waals surface area contributed by atoms with Crippen molar-refractivity contribution in [2.75, 3.05) is 13.2 Å². The van der Waals surface area contributed by atoms with Crippen molar-refractivity contribution < 1.29 is 9.53 Å². The molecule has 1 heterocycles. The zero-order valence-corrected chi connectivity index (χ0v) is 7.04. The molecular formula is C9H11NO2. The normalized spacial score (nSPS) is 21.2. The lowest BCUT2D eigenvalue weighted by molar-refractivity contribution is 0.161. The molecule has 1 saturated heterocycles. The van der Waals surface area contributed by atoms with E-state index in [-0.39, 0.29) is 12.1 Å². The maximum atomic E-state index is 11.0. The van der Waals surface area contributed by atoms with E-state index in [1.54, 1.807) is 17.9 Å². The number of carbonyl (C=O) groups is 1. The molecule has 0 unspecified atom stereocenters. The third-order valence-corrected chi connectivity index (χ3v) is 1.71. The van der Waals surface area contributed by atoms with Crippen molar-refractivity contribution in [1.29, 1.82) is 0 Å². The Morgan fingerprint density at radius 2 is 2.67 bits per heavy atom. The molecule has 0 aliphatic carbocycles. The highest BCUT2D eigenvalue weighted by atomic mass is 16.6. The fourth-order valence-corrected chi connectivity index (χ4v) is 1.01. The number of carbonyl (C=O) groups excluding carboxylic acids is 1. The smallest absolute Gasteiger partial charge is 0.411 e. The van der Waals surface area contributed by atoms with Gasteiger partial charge in [0.15, 0.2) is 0 Å². The van der Waals surface area contributed by atoms with Crippen molar-refractivity contribution >= 4 is 6.09 Å². The van der Waals surface area contributed by atoms with Gasteiger partial charge in [-0.3, -0.25) is 4.90 Å². The van der Waals surface area contributed by atoms with Crippen LogP contribution in [0, 0.1) is 11.8 Å². The lowest BCUT2D eigenvalue weighted by Crippen LogP contribution is -2.32. The second-order valence-electron chi connectivity index (χ2n) is 2.43. The SMILES string of the molecule is C=C[C@@H]1COC(=O)N1CC#CC. The Kier molecular flexibility index (Phi) is 2.76. The summed E-state index contributed by atoms with van der Waals surface area (Å²) in [5.41, 5.74) is 0. The highest BCUT2D eigenvalue weighted by Crippen LogP contribution is 2.11. The molecule has 12 heavy (non-hydrogen) atoms. The number of nitrogens with zero attached hydrogens (tertiary/aromatic N) is 1. The fraction of sp³-hybridized carbons (Fsp3) is 0.444. The Bertz CT molecular complexity index is 249. The summed E-state index contributed by atoms with van der Waals surface area (Å²) < 4.78 is 4.81. The quantitative estimate of drug-likeness (QED) is 0.451. The molecule has 1 amide bonds. The Morgan fingerprint density at radius 3 is 3.25 bits per heavy atom. The Hall–Kier alpha value is -1.43. The molecule has 0 saturated carbocycles. The molecule has 1 fully saturated rings. The third kappa shape index (κ3) is 1.59. The molecule has 0 bridgehead atoms. The first kappa shape index (κ1) is 8.66. The molecule has 64 valence electrons. The van der Waals surface area contributed by atoms with E-state index in [9.17, 15) is 4.79 Å². The fourth-order valence-electron chi connectivity index (χ4n) is 1.01. The average Bonchev–Trinajstić information content (AvgIpc) is 2.43. The van der Waals surface area contributed by atoms with Crippen molar-refractivity contribution in [3.63, 3.8) is 0 Å². The summed E-state index contributed by atoms with van der Waals surface area (Å²) in [6.45, 7) is 6.17. The first-order valence-electron chi connectivity index (χ1n) is 3.75. The van der Waals surface area contributed by atoms with Crippen LogP contribution in [0.5, 0.6) is 0 Å². The van der Waals surface area contributed by atoms with E-state index in [0.717, 1.165) is 0 Å². The zero-order chi connectivity index (χ0) is 8.97. The Labute approximate surface area is 72.0 Å². The largest absolute Gasteiger partial charge is 0.447 e. The van der Waals surface area contributed by atoms with E-state index >= 15 is 0 Å². The summed E-state index contributed by atoms with van der Waals surface area (Å²) in [4.78, 5) is 12.6. The van der Waals surface area contributed by atoms with Crippen LogP contribution in [0.25, 0.3) is 0 Å². The topological polar surface area (TPSA) is 29.5 Å². The number of ether oxygens (including phenoxy) is 1. The van der Waals surface area contributed by atoms with Crippen LogP contribution in [0.1, 0.15) is 6.92 Å². The summed E-state index contributed by atoms with van der Waals surface area (Å²) in [7, 11) is 0. The van der Waals surface area contributed by atoms with Crippen LogP contribution in [-0.2, 0) is 4.74 Å². The van der Waals surface area contributed by atoms with Crippen LogP contribution < -0.4 is 0 Å². The van der Waals surface area contributed by atoms with E-state index < -0.39 is 0 Å². The summed E-state index contributed by atoms with van der Waals surface area (Å²) in [6, 6.07) is -0.0154. The van der Waals surface area contributed by atoms with Crippen LogP contribution in [0.4, 0.5) is 4.79 Å². The van der Waals surface area contributed by atoms with E-state index in [1.807, 2.05) is 0 Å². The first-order chi connectivity index (χ1) is 5.79. The number of hydrogen-bond acceptors (Lipinski definition) is 2. The molecule has 0 spiro atoms. The minimum atomic E-state index is -0.303. The van der Waals surface area contributed by atoms with Gasteiger partial charge in [0.1, 0.15) is 6.61 Å². The van der Waals surface area contributed by atoms with E-state index in [1.165, 1.54) is 0 Å². The van der Waals surface area contributed by atoms with E-state index in [0.29, 0.717) is 13.2 Å². The van der Waals surface area contributed by atoms with Gasteiger partial charge in [-0.1, -0.05) is 12.0 Å². The first-order valence-corrected chi connectivity index (χ1v) is 3.75. The lowest BCUT2D eigenvalue weighted by Gasteiger charge is -2.14. The van der Waals surface area contributed by atoms with Crippen LogP contribution >= 0.6 is 0 Å². The van der Waals surface area contributed by atoms with Crippen molar-refractivity contribution in [2.45, 2.75) is 13.0 Å². The summed E-state index contributed by atoms with van der Waals surface area (Å²) in [5.74, 6) is 5.54. The molecule has 0 N–H and O–H groups in total. The highest BCUT2D eigenvalue weighted by Gasteiger charge is 2.29. The molecular weight excluding hydrogens is 154 g/mol. The molecule has 0 aromatic heterocycles. The molecule has 3 nitrogen and oxygen atoms in total. The van der Waals surface area contributed by atoms with Crippen molar-refractivity contribution in [3.8, 4) is 11.8 Å². The predicted molar refractivity (Wildman–Crippen MR) is 45.5 cm³/mol. The monoisotopic (exact) mass is 165 g/mol. The zero-order valence-electron chi connectivity index (χ0n) is 7.04.